The lowest BCUT2D eigenvalue weighted by Crippen LogP contribution is -2.41. The van der Waals surface area contributed by atoms with Crippen LogP contribution in [0.1, 0.15) is 36.2 Å². The van der Waals surface area contributed by atoms with Crippen molar-refractivity contribution in [3.8, 4) is 0 Å². The number of sulfonamides is 1. The molecule has 0 spiro atoms. The zero-order valence-electron chi connectivity index (χ0n) is 19.7. The lowest BCUT2D eigenvalue weighted by Gasteiger charge is -2.32. The third-order valence-corrected chi connectivity index (χ3v) is 7.61. The summed E-state index contributed by atoms with van der Waals surface area (Å²) < 4.78 is 27.8. The van der Waals surface area contributed by atoms with Crippen LogP contribution in [0.25, 0.3) is 0 Å². The normalized spacial score (nSPS) is 15.4. The number of hydrogen-bond donors (Lipinski definition) is 3. The molecule has 1 aromatic heterocycles. The van der Waals surface area contributed by atoms with E-state index in [1.54, 1.807) is 12.1 Å². The van der Waals surface area contributed by atoms with E-state index in [-0.39, 0.29) is 6.03 Å². The van der Waals surface area contributed by atoms with Crippen molar-refractivity contribution in [3.05, 3.63) is 53.3 Å². The molecule has 2 heterocycles. The molecule has 0 atom stereocenters. The van der Waals surface area contributed by atoms with Crippen molar-refractivity contribution < 1.29 is 13.2 Å². The van der Waals surface area contributed by atoms with Crippen molar-refractivity contribution in [1.29, 1.82) is 0 Å². The summed E-state index contributed by atoms with van der Waals surface area (Å²) in [6.45, 7) is 9.37. The molecule has 33 heavy (non-hydrogen) atoms. The number of benzene rings is 1. The number of nitrogens with zero attached hydrogens (tertiary/aromatic N) is 2. The summed E-state index contributed by atoms with van der Waals surface area (Å²) in [5.41, 5.74) is 3.25. The zero-order valence-corrected chi connectivity index (χ0v) is 20.5. The molecule has 1 saturated heterocycles. The first-order valence-corrected chi connectivity index (χ1v) is 13.0. The maximum Gasteiger partial charge on any atom is 0.319 e. The highest BCUT2D eigenvalue weighted by Gasteiger charge is 2.21. The van der Waals surface area contributed by atoms with E-state index < -0.39 is 10.0 Å². The number of pyridine rings is 1. The van der Waals surface area contributed by atoms with Crippen molar-refractivity contribution in [2.45, 2.75) is 44.9 Å². The number of aryl methyl sites for hydroxylation is 3. The fourth-order valence-corrected chi connectivity index (χ4v) is 5.53. The van der Waals surface area contributed by atoms with Crippen LogP contribution >= 0.6 is 0 Å². The first kappa shape index (κ1) is 25.1. The van der Waals surface area contributed by atoms with Crippen LogP contribution in [-0.4, -0.2) is 57.1 Å². The molecule has 1 fully saturated rings. The molecule has 0 unspecified atom stereocenters. The molecule has 3 rings (SSSR count). The predicted octanol–water partition coefficient (Wildman–Crippen LogP) is 3.21. The third kappa shape index (κ3) is 7.80. The fraction of sp³-hybridized carbons (Fsp3) is 0.500. The Morgan fingerprint density at radius 2 is 1.73 bits per heavy atom. The number of piperidine rings is 1. The van der Waals surface area contributed by atoms with Crippen LogP contribution in [0.4, 0.5) is 10.5 Å². The molecule has 1 aliphatic heterocycles. The number of nitrogens with one attached hydrogen (secondary N) is 3. The lowest BCUT2D eigenvalue weighted by atomic mass is 9.94. The quantitative estimate of drug-likeness (QED) is 0.519. The average molecular weight is 474 g/mol. The smallest absolute Gasteiger partial charge is 0.319 e. The maximum atomic E-state index is 12.5. The number of amides is 2. The van der Waals surface area contributed by atoms with Gasteiger partial charge < -0.3 is 15.5 Å². The van der Waals surface area contributed by atoms with Gasteiger partial charge in [0.15, 0.2) is 0 Å². The van der Waals surface area contributed by atoms with Crippen LogP contribution in [0.2, 0.25) is 0 Å². The predicted molar refractivity (Wildman–Crippen MR) is 131 cm³/mol. The van der Waals surface area contributed by atoms with Gasteiger partial charge in [-0.2, -0.15) is 0 Å². The molecule has 0 bridgehead atoms. The number of hydrogen-bond acceptors (Lipinski definition) is 5. The van der Waals surface area contributed by atoms with E-state index in [2.05, 4.69) is 25.2 Å². The van der Waals surface area contributed by atoms with Gasteiger partial charge in [-0.3, -0.25) is 4.98 Å². The van der Waals surface area contributed by atoms with Crippen molar-refractivity contribution in [2.75, 3.05) is 38.0 Å². The summed E-state index contributed by atoms with van der Waals surface area (Å²) in [6.07, 6.45) is 2.91. The molecule has 180 valence electrons. The molecule has 2 amide bonds. The van der Waals surface area contributed by atoms with E-state index in [9.17, 15) is 13.2 Å². The van der Waals surface area contributed by atoms with Gasteiger partial charge in [0.25, 0.3) is 0 Å². The van der Waals surface area contributed by atoms with E-state index in [4.69, 9.17) is 0 Å². The van der Waals surface area contributed by atoms with Crippen LogP contribution in [0.15, 0.2) is 41.3 Å². The molecule has 0 saturated carbocycles. The summed E-state index contributed by atoms with van der Waals surface area (Å²) in [5.74, 6) is 0.509. The Balaban J connectivity index is 1.31. The lowest BCUT2D eigenvalue weighted by molar-refractivity contribution is 0.180. The van der Waals surface area contributed by atoms with Gasteiger partial charge >= 0.3 is 6.03 Å². The van der Waals surface area contributed by atoms with Gasteiger partial charge in [0.2, 0.25) is 10.0 Å². The number of likely N-dealkylation sites (tertiary alicyclic amines) is 1. The number of carbonyl (C=O) groups excluding carboxylic acids is 1. The summed E-state index contributed by atoms with van der Waals surface area (Å²) in [4.78, 5) is 19.1. The molecule has 1 aromatic carbocycles. The SMILES string of the molecule is Cc1cc(NC(=O)NCCN2CCC(CCNS(=O)(=O)c3ccccc3C)CC2)cc(C)n1. The Labute approximate surface area is 197 Å². The minimum atomic E-state index is -3.46. The molecule has 0 aliphatic carbocycles. The van der Waals surface area contributed by atoms with E-state index >= 15 is 0 Å². The number of urea groups is 1. The second-order valence-electron chi connectivity index (χ2n) is 8.76. The van der Waals surface area contributed by atoms with E-state index in [0.29, 0.717) is 23.9 Å². The van der Waals surface area contributed by atoms with Crippen molar-refractivity contribution >= 4 is 21.7 Å². The Hall–Kier alpha value is -2.49. The van der Waals surface area contributed by atoms with Crippen molar-refractivity contribution in [3.63, 3.8) is 0 Å². The minimum absolute atomic E-state index is 0.212. The molecule has 0 radical (unpaired) electrons. The van der Waals surface area contributed by atoms with Gasteiger partial charge in [-0.15, -0.1) is 0 Å². The largest absolute Gasteiger partial charge is 0.337 e. The van der Waals surface area contributed by atoms with Crippen molar-refractivity contribution in [2.24, 2.45) is 5.92 Å². The Kier molecular flexibility index (Phi) is 8.82. The second-order valence-corrected chi connectivity index (χ2v) is 10.5. The van der Waals surface area contributed by atoms with Crippen molar-refractivity contribution in [1.82, 2.24) is 19.9 Å². The van der Waals surface area contributed by atoms with E-state index in [0.717, 1.165) is 61.5 Å². The topological polar surface area (TPSA) is 103 Å². The number of rotatable bonds is 9. The number of carbonyl (C=O) groups is 1. The monoisotopic (exact) mass is 473 g/mol. The van der Waals surface area contributed by atoms with Gasteiger partial charge in [0, 0.05) is 36.7 Å². The molecule has 2 aromatic rings. The van der Waals surface area contributed by atoms with E-state index in [1.165, 1.54) is 0 Å². The average Bonchev–Trinajstić information content (AvgIpc) is 2.74. The standard InChI is InChI=1S/C24H35N5O3S/c1-18-6-4-5-7-23(18)33(31,32)26-11-8-21-9-13-29(14-10-21)15-12-25-24(30)28-22-16-19(2)27-20(3)17-22/h4-7,16-17,21,26H,8-15H2,1-3H3,(H2,25,27,28,30). The Bertz CT molecular complexity index is 1030. The summed E-state index contributed by atoms with van der Waals surface area (Å²) in [6, 6.07) is 10.5. The first-order valence-electron chi connectivity index (χ1n) is 11.5. The third-order valence-electron chi connectivity index (χ3n) is 5.99. The van der Waals surface area contributed by atoms with Crippen LogP contribution in [-0.2, 0) is 10.0 Å². The number of aromatic nitrogens is 1. The minimum Gasteiger partial charge on any atom is -0.337 e. The van der Waals surface area contributed by atoms with Gasteiger partial charge in [-0.25, -0.2) is 17.9 Å². The van der Waals surface area contributed by atoms with Crippen LogP contribution in [0.3, 0.4) is 0 Å². The molecule has 3 N–H and O–H groups in total. The molecule has 8 nitrogen and oxygen atoms in total. The molecular formula is C24H35N5O3S. The molecule has 1 aliphatic rings. The summed E-state index contributed by atoms with van der Waals surface area (Å²) >= 11 is 0. The highest BCUT2D eigenvalue weighted by Crippen LogP contribution is 2.20. The summed E-state index contributed by atoms with van der Waals surface area (Å²) in [5, 5.41) is 5.77. The fourth-order valence-electron chi connectivity index (χ4n) is 4.24. The van der Waals surface area contributed by atoms with E-state index in [1.807, 2.05) is 45.0 Å². The zero-order chi connectivity index (χ0) is 23.8. The summed E-state index contributed by atoms with van der Waals surface area (Å²) in [7, 11) is -3.46. The second kappa shape index (κ2) is 11.6. The highest BCUT2D eigenvalue weighted by molar-refractivity contribution is 7.89. The highest BCUT2D eigenvalue weighted by atomic mass is 32.2. The van der Waals surface area contributed by atoms with Gasteiger partial charge in [0.05, 0.1) is 4.90 Å². The number of anilines is 1. The van der Waals surface area contributed by atoms with Crippen LogP contribution in [0.5, 0.6) is 0 Å². The van der Waals surface area contributed by atoms with Gasteiger partial charge in [-0.1, -0.05) is 18.2 Å². The molecule has 9 heteroatoms. The Morgan fingerprint density at radius 3 is 2.39 bits per heavy atom. The molecular weight excluding hydrogens is 438 g/mol. The Morgan fingerprint density at radius 1 is 1.06 bits per heavy atom. The van der Waals surface area contributed by atoms with Crippen LogP contribution < -0.4 is 15.4 Å². The van der Waals surface area contributed by atoms with Gasteiger partial charge in [-0.05, 0) is 82.8 Å². The van der Waals surface area contributed by atoms with Crippen LogP contribution in [0, 0.1) is 26.7 Å². The first-order chi connectivity index (χ1) is 15.7. The maximum absolute atomic E-state index is 12.5. The van der Waals surface area contributed by atoms with Gasteiger partial charge in [0.1, 0.15) is 0 Å².